The summed E-state index contributed by atoms with van der Waals surface area (Å²) < 4.78 is 15.8. The van der Waals surface area contributed by atoms with E-state index in [0.29, 0.717) is 17.9 Å². The number of esters is 1. The number of furan rings is 1. The lowest BCUT2D eigenvalue weighted by Crippen LogP contribution is -2.15. The lowest BCUT2D eigenvalue weighted by atomic mass is 10.1. The molecule has 0 aliphatic heterocycles. The van der Waals surface area contributed by atoms with E-state index in [-0.39, 0.29) is 12.3 Å². The molecule has 3 rings (SSSR count). The van der Waals surface area contributed by atoms with Crippen LogP contribution >= 0.6 is 0 Å². The van der Waals surface area contributed by atoms with Crippen LogP contribution in [0.3, 0.4) is 0 Å². The van der Waals surface area contributed by atoms with Crippen LogP contribution in [0.4, 0.5) is 0 Å². The average Bonchev–Trinajstić information content (AvgIpc) is 3.30. The van der Waals surface area contributed by atoms with E-state index in [1.807, 2.05) is 31.2 Å². The number of hydrogen-bond acceptors (Lipinski definition) is 6. The van der Waals surface area contributed by atoms with Gasteiger partial charge in [0.2, 0.25) is 0 Å². The number of benzene rings is 1. The Morgan fingerprint density at radius 3 is 2.76 bits per heavy atom. The Morgan fingerprint density at radius 1 is 1.28 bits per heavy atom. The first-order valence-corrected chi connectivity index (χ1v) is 7.77. The lowest BCUT2D eigenvalue weighted by molar-refractivity contribution is 0.0460. The lowest BCUT2D eigenvalue weighted by Gasteiger charge is -2.08. The number of rotatable bonds is 6. The summed E-state index contributed by atoms with van der Waals surface area (Å²) in [4.78, 5) is 16.3. The van der Waals surface area contributed by atoms with Crippen molar-refractivity contribution < 1.29 is 18.4 Å². The minimum atomic E-state index is -0.621. The second-order valence-corrected chi connectivity index (χ2v) is 5.60. The van der Waals surface area contributed by atoms with Crippen LogP contribution in [0.2, 0.25) is 0 Å². The number of hydrogen-bond donors (Lipinski definition) is 0. The van der Waals surface area contributed by atoms with E-state index >= 15 is 0 Å². The maximum Gasteiger partial charge on any atom is 0.361 e. The summed E-state index contributed by atoms with van der Waals surface area (Å²) in [6.45, 7) is 1.93. The predicted octanol–water partition coefficient (Wildman–Crippen LogP) is 3.78. The third-order valence-corrected chi connectivity index (χ3v) is 3.70. The highest BCUT2D eigenvalue weighted by Crippen LogP contribution is 2.24. The zero-order valence-electron chi connectivity index (χ0n) is 13.6. The highest BCUT2D eigenvalue weighted by Gasteiger charge is 2.21. The van der Waals surface area contributed by atoms with Crippen LogP contribution < -0.4 is 0 Å². The van der Waals surface area contributed by atoms with E-state index in [0.717, 1.165) is 11.1 Å². The molecule has 0 aliphatic rings. The molecule has 0 bridgehead atoms. The molecule has 0 fully saturated rings. The van der Waals surface area contributed by atoms with Crippen LogP contribution in [0.15, 0.2) is 57.9 Å². The summed E-state index contributed by atoms with van der Waals surface area (Å²) in [5.41, 5.74) is 1.93. The summed E-state index contributed by atoms with van der Waals surface area (Å²) in [5, 5.41) is 9.21. The molecule has 0 spiro atoms. The molecule has 0 saturated heterocycles. The van der Waals surface area contributed by atoms with Gasteiger partial charge in [0.25, 0.3) is 0 Å². The Hall–Kier alpha value is -3.33. The number of aryl methyl sites for hydroxylation is 1. The maximum absolute atomic E-state index is 12.3. The van der Waals surface area contributed by atoms with Crippen molar-refractivity contribution in [3.63, 3.8) is 0 Å². The molecular weight excluding hydrogens is 320 g/mol. The van der Waals surface area contributed by atoms with Gasteiger partial charge in [-0.15, -0.1) is 0 Å². The fraction of sp³-hybridized carbons (Fsp3) is 0.211. The zero-order chi connectivity index (χ0) is 17.6. The fourth-order valence-corrected chi connectivity index (χ4v) is 2.36. The zero-order valence-corrected chi connectivity index (χ0v) is 13.6. The molecule has 0 N–H and O–H groups in total. The Balaban J connectivity index is 1.67. The van der Waals surface area contributed by atoms with Crippen LogP contribution in [-0.2, 0) is 11.2 Å². The molecule has 6 heteroatoms. The largest absolute Gasteiger partial charge is 0.469 e. The van der Waals surface area contributed by atoms with E-state index in [1.165, 1.54) is 6.39 Å². The van der Waals surface area contributed by atoms with Gasteiger partial charge < -0.3 is 13.6 Å². The Kier molecular flexibility index (Phi) is 4.95. The van der Waals surface area contributed by atoms with Crippen LogP contribution in [-0.4, -0.2) is 17.6 Å². The van der Waals surface area contributed by atoms with Gasteiger partial charge in [-0.25, -0.2) is 9.78 Å². The van der Waals surface area contributed by atoms with Gasteiger partial charge in [-0.1, -0.05) is 29.8 Å². The highest BCUT2D eigenvalue weighted by atomic mass is 16.5. The second kappa shape index (κ2) is 7.49. The summed E-state index contributed by atoms with van der Waals surface area (Å²) in [6, 6.07) is 13.2. The number of oxazole rings is 1. The third kappa shape index (κ3) is 3.96. The summed E-state index contributed by atoms with van der Waals surface area (Å²) in [6.07, 6.45) is 3.12. The van der Waals surface area contributed by atoms with E-state index in [1.54, 1.807) is 18.4 Å². The summed E-state index contributed by atoms with van der Waals surface area (Å²) in [5.74, 6) is -0.0947. The van der Waals surface area contributed by atoms with Crippen molar-refractivity contribution in [1.82, 2.24) is 4.98 Å². The highest BCUT2D eigenvalue weighted by molar-refractivity contribution is 5.93. The fourth-order valence-electron chi connectivity index (χ4n) is 2.36. The maximum atomic E-state index is 12.3. The van der Waals surface area contributed by atoms with Crippen LogP contribution in [0.1, 0.15) is 21.8 Å². The summed E-state index contributed by atoms with van der Waals surface area (Å²) in [7, 11) is 0. The van der Waals surface area contributed by atoms with Crippen LogP contribution in [0, 0.1) is 24.2 Å². The number of nitrogens with zero attached hydrogens (tertiary/aromatic N) is 2. The van der Waals surface area contributed by atoms with E-state index in [4.69, 9.17) is 13.6 Å². The molecule has 1 aromatic carbocycles. The van der Waals surface area contributed by atoms with Gasteiger partial charge in [-0.3, -0.25) is 0 Å². The Morgan fingerprint density at radius 2 is 2.08 bits per heavy atom. The molecule has 0 amide bonds. The molecule has 0 saturated carbocycles. The normalized spacial score (nSPS) is 11.7. The van der Waals surface area contributed by atoms with E-state index in [2.05, 4.69) is 11.1 Å². The number of carbonyl (C=O) groups excluding carboxylic acids is 1. The van der Waals surface area contributed by atoms with Gasteiger partial charge in [-0.2, -0.15) is 5.26 Å². The van der Waals surface area contributed by atoms with Crippen molar-refractivity contribution in [3.05, 3.63) is 66.1 Å². The van der Waals surface area contributed by atoms with Gasteiger partial charge in [0.15, 0.2) is 17.8 Å². The monoisotopic (exact) mass is 336 g/mol. The van der Waals surface area contributed by atoms with Gasteiger partial charge in [0, 0.05) is 12.0 Å². The topological polar surface area (TPSA) is 89.3 Å². The molecule has 25 heavy (non-hydrogen) atoms. The smallest absolute Gasteiger partial charge is 0.361 e. The number of carbonyl (C=O) groups is 1. The number of nitriles is 1. The first kappa shape index (κ1) is 16.5. The second-order valence-electron chi connectivity index (χ2n) is 5.60. The molecule has 2 aromatic heterocycles. The van der Waals surface area contributed by atoms with Crippen LogP contribution in [0.25, 0.3) is 11.3 Å². The van der Waals surface area contributed by atoms with E-state index < -0.39 is 11.9 Å². The number of ether oxygens (including phenoxy) is 1. The molecule has 2 heterocycles. The van der Waals surface area contributed by atoms with Crippen molar-refractivity contribution in [2.24, 2.45) is 5.92 Å². The van der Waals surface area contributed by atoms with Crippen LogP contribution in [0.5, 0.6) is 0 Å². The SMILES string of the molecule is Cc1ccc(-c2ocnc2C(=O)OC[C@H](C#N)Cc2ccco2)cc1. The molecule has 126 valence electrons. The third-order valence-electron chi connectivity index (χ3n) is 3.70. The quantitative estimate of drug-likeness (QED) is 0.636. The van der Waals surface area contributed by atoms with Gasteiger partial charge in [0.05, 0.1) is 18.3 Å². The molecule has 0 unspecified atom stereocenters. The molecular formula is C19H16N2O4. The molecule has 1 atom stereocenters. The summed E-state index contributed by atoms with van der Waals surface area (Å²) >= 11 is 0. The first-order chi connectivity index (χ1) is 12.2. The Bertz CT molecular complexity index is 873. The minimum Gasteiger partial charge on any atom is -0.469 e. The first-order valence-electron chi connectivity index (χ1n) is 7.77. The van der Waals surface area contributed by atoms with E-state index in [9.17, 15) is 10.1 Å². The van der Waals surface area contributed by atoms with Crippen molar-refractivity contribution in [3.8, 4) is 17.4 Å². The number of aromatic nitrogens is 1. The standard InChI is InChI=1S/C19H16N2O4/c1-13-4-6-15(7-5-13)18-17(21-12-25-18)19(22)24-11-14(10-20)9-16-3-2-8-23-16/h2-8,12,14H,9,11H2,1H3/t14-/m0/s1. The van der Waals surface area contributed by atoms with Crippen molar-refractivity contribution in [2.75, 3.05) is 6.61 Å². The molecule has 0 aliphatic carbocycles. The van der Waals surface area contributed by atoms with Gasteiger partial charge in [-0.05, 0) is 19.1 Å². The van der Waals surface area contributed by atoms with Crippen molar-refractivity contribution in [1.29, 1.82) is 5.26 Å². The molecule has 6 nitrogen and oxygen atoms in total. The van der Waals surface area contributed by atoms with Crippen molar-refractivity contribution >= 4 is 5.97 Å². The molecule has 3 aromatic rings. The molecule has 0 radical (unpaired) electrons. The minimum absolute atomic E-state index is 0.0454. The van der Waals surface area contributed by atoms with Gasteiger partial charge >= 0.3 is 5.97 Å². The average molecular weight is 336 g/mol. The Labute approximate surface area is 144 Å². The predicted molar refractivity (Wildman–Crippen MR) is 88.5 cm³/mol. The van der Waals surface area contributed by atoms with Crippen molar-refractivity contribution in [2.45, 2.75) is 13.3 Å². The van der Waals surface area contributed by atoms with Gasteiger partial charge in [0.1, 0.15) is 12.4 Å².